The van der Waals surface area contributed by atoms with Gasteiger partial charge in [0.1, 0.15) is 5.38 Å². The van der Waals surface area contributed by atoms with Gasteiger partial charge >= 0.3 is 0 Å². The van der Waals surface area contributed by atoms with E-state index in [1.807, 2.05) is 54.6 Å². The Hall–Kier alpha value is -1.88. The molecule has 1 fully saturated rings. The third-order valence-corrected chi connectivity index (χ3v) is 5.92. The monoisotopic (exact) mass is 417 g/mol. The van der Waals surface area contributed by atoms with Crippen molar-refractivity contribution in [2.45, 2.75) is 30.7 Å². The van der Waals surface area contributed by atoms with Gasteiger partial charge in [-0.3, -0.25) is 4.79 Å². The number of benzene rings is 2. The minimum Gasteiger partial charge on any atom is -0.306 e. The Bertz CT molecular complexity index is 990. The van der Waals surface area contributed by atoms with Crippen LogP contribution in [0.4, 0.5) is 0 Å². The lowest BCUT2D eigenvalue weighted by Crippen LogP contribution is -2.30. The van der Waals surface area contributed by atoms with Crippen molar-refractivity contribution in [1.29, 1.82) is 0 Å². The van der Waals surface area contributed by atoms with Crippen LogP contribution in [0.25, 0.3) is 10.8 Å². The topological polar surface area (TPSA) is 38.1 Å². The average Bonchev–Trinajstić information content (AvgIpc) is 2.93. The second kappa shape index (κ2) is 9.08. The van der Waals surface area contributed by atoms with Gasteiger partial charge in [0.25, 0.3) is 5.56 Å². The van der Waals surface area contributed by atoms with E-state index in [1.165, 1.54) is 0 Å². The summed E-state index contributed by atoms with van der Waals surface area (Å²) in [6, 6.07) is 17.7. The van der Waals surface area contributed by atoms with Crippen LogP contribution in [0.2, 0.25) is 0 Å². The lowest BCUT2D eigenvalue weighted by Gasteiger charge is -2.20. The van der Waals surface area contributed by atoms with Crippen molar-refractivity contribution in [3.05, 3.63) is 76.2 Å². The molecule has 0 amide bonds. The van der Waals surface area contributed by atoms with Crippen molar-refractivity contribution in [3.63, 3.8) is 0 Å². The first-order chi connectivity index (χ1) is 13.1. The van der Waals surface area contributed by atoms with Crippen molar-refractivity contribution in [2.75, 3.05) is 20.1 Å². The van der Waals surface area contributed by atoms with Gasteiger partial charge in [0.05, 0.1) is 17.1 Å². The number of aromatic nitrogens is 2. The second-order valence-corrected chi connectivity index (χ2v) is 7.78. The summed E-state index contributed by atoms with van der Waals surface area (Å²) in [5.74, 6) is 0. The van der Waals surface area contributed by atoms with E-state index in [1.54, 1.807) is 4.68 Å². The van der Waals surface area contributed by atoms with E-state index in [0.29, 0.717) is 5.39 Å². The Labute approximate surface area is 176 Å². The van der Waals surface area contributed by atoms with Crippen LogP contribution in [0.1, 0.15) is 41.9 Å². The van der Waals surface area contributed by atoms with Crippen LogP contribution in [0.3, 0.4) is 0 Å². The maximum Gasteiger partial charge on any atom is 0.274 e. The fraction of sp³-hybridized carbons (Fsp3) is 0.364. The third kappa shape index (κ3) is 4.09. The molecule has 2 heterocycles. The summed E-state index contributed by atoms with van der Waals surface area (Å²) in [5, 5.41) is 5.97. The lowest BCUT2D eigenvalue weighted by atomic mass is 10.0. The molecule has 0 radical (unpaired) electrons. The molecule has 0 bridgehead atoms. The highest BCUT2D eigenvalue weighted by molar-refractivity contribution is 6.23. The van der Waals surface area contributed by atoms with Crippen molar-refractivity contribution >= 4 is 34.8 Å². The molecular formula is C22H25Cl2N3O. The molecule has 0 spiro atoms. The molecule has 6 heteroatoms. The highest BCUT2D eigenvalue weighted by Crippen LogP contribution is 2.32. The van der Waals surface area contributed by atoms with Gasteiger partial charge in [-0.1, -0.05) is 48.5 Å². The quantitative estimate of drug-likeness (QED) is 0.574. The van der Waals surface area contributed by atoms with Gasteiger partial charge in [-0.25, -0.2) is 4.68 Å². The Morgan fingerprint density at radius 1 is 1.00 bits per heavy atom. The first kappa shape index (κ1) is 20.8. The summed E-state index contributed by atoms with van der Waals surface area (Å²) in [7, 11) is 2.13. The smallest absolute Gasteiger partial charge is 0.274 e. The molecule has 1 saturated heterocycles. The largest absolute Gasteiger partial charge is 0.306 e. The molecular weight excluding hydrogens is 393 g/mol. The molecule has 3 aromatic rings. The molecule has 1 aliphatic rings. The molecule has 0 N–H and O–H groups in total. The molecule has 0 aliphatic carbocycles. The number of likely N-dealkylation sites (tertiary alicyclic amines) is 1. The van der Waals surface area contributed by atoms with Crippen molar-refractivity contribution in [2.24, 2.45) is 0 Å². The van der Waals surface area contributed by atoms with E-state index < -0.39 is 5.38 Å². The number of hydrogen-bond acceptors (Lipinski definition) is 3. The van der Waals surface area contributed by atoms with Crippen LogP contribution in [-0.4, -0.2) is 34.8 Å². The Kier molecular flexibility index (Phi) is 6.76. The highest BCUT2D eigenvalue weighted by Gasteiger charge is 2.23. The fourth-order valence-electron chi connectivity index (χ4n) is 3.91. The fourth-order valence-corrected chi connectivity index (χ4v) is 4.22. The van der Waals surface area contributed by atoms with E-state index in [0.717, 1.165) is 49.0 Å². The summed E-state index contributed by atoms with van der Waals surface area (Å²) in [5.41, 5.74) is 1.74. The minimum absolute atomic E-state index is 0. The van der Waals surface area contributed by atoms with Crippen LogP contribution >= 0.6 is 24.0 Å². The van der Waals surface area contributed by atoms with Gasteiger partial charge in [-0.15, -0.1) is 24.0 Å². The second-order valence-electron chi connectivity index (χ2n) is 7.34. The van der Waals surface area contributed by atoms with Crippen LogP contribution < -0.4 is 5.56 Å². The van der Waals surface area contributed by atoms with Gasteiger partial charge < -0.3 is 4.90 Å². The van der Waals surface area contributed by atoms with E-state index >= 15 is 0 Å². The highest BCUT2D eigenvalue weighted by atomic mass is 35.5. The molecule has 4 nitrogen and oxygen atoms in total. The molecule has 28 heavy (non-hydrogen) atoms. The minimum atomic E-state index is -0.392. The van der Waals surface area contributed by atoms with Gasteiger partial charge in [0.15, 0.2) is 0 Å². The molecule has 2 atom stereocenters. The zero-order valence-corrected chi connectivity index (χ0v) is 17.5. The molecule has 0 saturated carbocycles. The van der Waals surface area contributed by atoms with Gasteiger partial charge in [0.2, 0.25) is 0 Å². The number of hydrogen-bond donors (Lipinski definition) is 0. The van der Waals surface area contributed by atoms with Crippen LogP contribution in [0.5, 0.6) is 0 Å². The van der Waals surface area contributed by atoms with E-state index in [4.69, 9.17) is 16.7 Å². The number of alkyl halides is 1. The number of nitrogens with zero attached hydrogens (tertiary/aromatic N) is 3. The van der Waals surface area contributed by atoms with Crippen LogP contribution in [0, 0.1) is 0 Å². The zero-order chi connectivity index (χ0) is 18.8. The predicted octanol–water partition coefficient (Wildman–Crippen LogP) is 4.80. The maximum atomic E-state index is 13.2. The van der Waals surface area contributed by atoms with Crippen LogP contribution in [0.15, 0.2) is 59.4 Å². The molecule has 1 aromatic heterocycles. The number of fused-ring (bicyclic) bond motifs is 1. The van der Waals surface area contributed by atoms with E-state index in [2.05, 4.69) is 11.9 Å². The van der Waals surface area contributed by atoms with Crippen LogP contribution in [-0.2, 0) is 0 Å². The van der Waals surface area contributed by atoms with E-state index in [9.17, 15) is 4.79 Å². The van der Waals surface area contributed by atoms with Crippen molar-refractivity contribution < 1.29 is 0 Å². The van der Waals surface area contributed by atoms with E-state index in [-0.39, 0.29) is 24.0 Å². The van der Waals surface area contributed by atoms with Gasteiger partial charge in [-0.2, -0.15) is 5.10 Å². The number of halogens is 2. The van der Waals surface area contributed by atoms with Crippen molar-refractivity contribution in [1.82, 2.24) is 14.7 Å². The Balaban J connectivity index is 0.00000225. The Morgan fingerprint density at radius 2 is 1.68 bits per heavy atom. The SMILES string of the molecule is CN1CCCC(n2nc(C(Cl)c3ccccc3)c3ccccc3c2=O)CC1.Cl. The summed E-state index contributed by atoms with van der Waals surface area (Å²) in [6.07, 6.45) is 2.97. The normalized spacial score (nSPS) is 19.0. The third-order valence-electron chi connectivity index (χ3n) is 5.46. The zero-order valence-electron chi connectivity index (χ0n) is 15.9. The van der Waals surface area contributed by atoms with Gasteiger partial charge in [-0.05, 0) is 51.0 Å². The number of rotatable bonds is 3. The summed E-state index contributed by atoms with van der Waals surface area (Å²) < 4.78 is 1.70. The summed E-state index contributed by atoms with van der Waals surface area (Å²) in [6.45, 7) is 2.04. The maximum absolute atomic E-state index is 13.2. The average molecular weight is 418 g/mol. The van der Waals surface area contributed by atoms with Gasteiger partial charge in [0, 0.05) is 5.39 Å². The first-order valence-electron chi connectivity index (χ1n) is 9.54. The lowest BCUT2D eigenvalue weighted by molar-refractivity contribution is 0.333. The molecule has 1 aliphatic heterocycles. The molecule has 2 unspecified atom stereocenters. The summed E-state index contributed by atoms with van der Waals surface area (Å²) in [4.78, 5) is 15.5. The molecule has 2 aromatic carbocycles. The first-order valence-corrected chi connectivity index (χ1v) is 9.98. The summed E-state index contributed by atoms with van der Waals surface area (Å²) >= 11 is 6.84. The standard InChI is InChI=1S/C22H24ClN3O.ClH/c1-25-14-7-10-17(13-15-25)26-22(27)19-12-6-5-11-18(19)21(24-26)20(23)16-8-3-2-4-9-16;/h2-6,8-9,11-12,17,20H,7,10,13-15H2,1H3;1H. The Morgan fingerprint density at radius 3 is 2.43 bits per heavy atom. The molecule has 148 valence electrons. The predicted molar refractivity (Wildman–Crippen MR) is 118 cm³/mol. The van der Waals surface area contributed by atoms with Crippen molar-refractivity contribution in [3.8, 4) is 0 Å². The molecule has 4 rings (SSSR count).